The third kappa shape index (κ3) is 8.29. The van der Waals surface area contributed by atoms with Crippen molar-refractivity contribution >= 4 is 44.8 Å². The topological polar surface area (TPSA) is 34.5 Å². The quantitative estimate of drug-likeness (QED) is 0.0859. The molecule has 4 nitrogen and oxygen atoms in total. The summed E-state index contributed by atoms with van der Waals surface area (Å²) in [5.41, 5.74) is 15.2. The monoisotopic (exact) mass is 808 g/mol. The maximum atomic E-state index is 13.5. The highest BCUT2D eigenvalue weighted by Gasteiger charge is 2.22. The summed E-state index contributed by atoms with van der Waals surface area (Å²) < 4.78 is 8.33. The molecule has 4 heteroatoms. The number of carbonyl (C=O) groups excluding carboxylic acids is 1. The van der Waals surface area contributed by atoms with E-state index in [2.05, 4.69) is 194 Å². The average Bonchev–Trinajstić information content (AvgIpc) is 3.65. The summed E-state index contributed by atoms with van der Waals surface area (Å²) in [6.45, 7) is 9.43. The highest BCUT2D eigenvalue weighted by Crippen LogP contribution is 2.38. The zero-order chi connectivity index (χ0) is 42.6. The van der Waals surface area contributed by atoms with Crippen LogP contribution in [0.25, 0.3) is 55.2 Å². The van der Waals surface area contributed by atoms with Crippen LogP contribution < -0.4 is 9.64 Å². The Hall–Kier alpha value is -7.17. The second-order valence-electron chi connectivity index (χ2n) is 16.4. The number of ether oxygens (including phenoxy) is 1. The Morgan fingerprint density at radius 1 is 0.532 bits per heavy atom. The number of rotatable bonds is 13. The first-order valence-corrected chi connectivity index (χ1v) is 21.9. The number of nitrogens with zero attached hydrogens (tertiary/aromatic N) is 2. The second kappa shape index (κ2) is 17.8. The Labute approximate surface area is 365 Å². The van der Waals surface area contributed by atoms with Crippen LogP contribution in [-0.2, 0) is 11.3 Å². The van der Waals surface area contributed by atoms with Crippen LogP contribution in [0.5, 0.6) is 5.75 Å². The fourth-order valence-corrected chi connectivity index (χ4v) is 8.89. The highest BCUT2D eigenvalue weighted by molar-refractivity contribution is 6.09. The first-order chi connectivity index (χ1) is 30.4. The highest BCUT2D eigenvalue weighted by atomic mass is 16.5. The molecule has 62 heavy (non-hydrogen) atoms. The number of benzene rings is 8. The zero-order valence-corrected chi connectivity index (χ0v) is 36.0. The number of aryl methyl sites for hydroxylation is 2. The Balaban J connectivity index is 0.848. The molecule has 0 bridgehead atoms. The summed E-state index contributed by atoms with van der Waals surface area (Å²) in [4.78, 5) is 15.8. The molecule has 2 unspecified atom stereocenters. The van der Waals surface area contributed by atoms with E-state index in [-0.39, 0.29) is 17.8 Å². The number of anilines is 3. The lowest BCUT2D eigenvalue weighted by Crippen LogP contribution is -2.20. The maximum absolute atomic E-state index is 13.5. The molecule has 2 atom stereocenters. The van der Waals surface area contributed by atoms with Crippen molar-refractivity contribution < 1.29 is 9.53 Å². The summed E-state index contributed by atoms with van der Waals surface area (Å²) in [6, 6.07) is 68.8. The summed E-state index contributed by atoms with van der Waals surface area (Å²) in [6.07, 6.45) is 1.63. The summed E-state index contributed by atoms with van der Waals surface area (Å²) in [7, 11) is 0. The van der Waals surface area contributed by atoms with Crippen LogP contribution in [0.4, 0.5) is 17.1 Å². The van der Waals surface area contributed by atoms with Crippen LogP contribution in [0, 0.1) is 12.8 Å². The van der Waals surface area contributed by atoms with Gasteiger partial charge in [-0.05, 0) is 138 Å². The van der Waals surface area contributed by atoms with Crippen molar-refractivity contribution in [2.45, 2.75) is 53.0 Å². The van der Waals surface area contributed by atoms with E-state index in [9.17, 15) is 4.79 Å². The number of hydrogen-bond donors (Lipinski definition) is 0. The van der Waals surface area contributed by atoms with Crippen LogP contribution in [0.15, 0.2) is 194 Å². The minimum absolute atomic E-state index is 0.208. The molecule has 0 aliphatic carbocycles. The maximum Gasteiger partial charge on any atom is 0.314 e. The molecule has 0 saturated carbocycles. The Bertz CT molecular complexity index is 2930. The van der Waals surface area contributed by atoms with E-state index in [1.165, 1.54) is 55.2 Å². The van der Waals surface area contributed by atoms with Gasteiger partial charge in [-0.2, -0.15) is 0 Å². The molecule has 0 fully saturated rings. The van der Waals surface area contributed by atoms with Crippen molar-refractivity contribution in [1.82, 2.24) is 4.57 Å². The van der Waals surface area contributed by atoms with Crippen molar-refractivity contribution in [3.63, 3.8) is 0 Å². The summed E-state index contributed by atoms with van der Waals surface area (Å²) >= 11 is 0. The molecule has 0 spiro atoms. The Morgan fingerprint density at radius 3 is 1.63 bits per heavy atom. The normalized spacial score (nSPS) is 12.3. The van der Waals surface area contributed by atoms with Gasteiger partial charge in [-0.15, -0.1) is 0 Å². The molecule has 0 aliphatic rings. The van der Waals surface area contributed by atoms with E-state index >= 15 is 0 Å². The standard InChI is InChI=1S/C58H52N2O2/c1-5-42(44-22-31-51(32-23-44)60(50-29-16-40(3)17-30-50)52-33-24-46(25-34-52)43-12-8-7-9-13-43)38-41(4)58(61)62-53-35-26-47(27-36-53)45-18-20-48(21-19-45)49-28-37-57-55(39-49)54-14-10-11-15-56(54)59(57)6-2/h7-37,39,41-42H,5-6,38H2,1-4H3. The summed E-state index contributed by atoms with van der Waals surface area (Å²) in [5, 5.41) is 2.57. The van der Waals surface area contributed by atoms with Gasteiger partial charge in [0, 0.05) is 45.4 Å². The molecule has 0 saturated heterocycles. The lowest BCUT2D eigenvalue weighted by molar-refractivity contribution is -0.138. The van der Waals surface area contributed by atoms with Crippen LogP contribution in [0.1, 0.15) is 50.7 Å². The van der Waals surface area contributed by atoms with Crippen molar-refractivity contribution in [1.29, 1.82) is 0 Å². The minimum Gasteiger partial charge on any atom is -0.426 e. The lowest BCUT2D eigenvalue weighted by atomic mass is 9.87. The van der Waals surface area contributed by atoms with Gasteiger partial charge in [0.15, 0.2) is 0 Å². The average molecular weight is 809 g/mol. The van der Waals surface area contributed by atoms with Gasteiger partial charge in [0.2, 0.25) is 0 Å². The van der Waals surface area contributed by atoms with E-state index in [4.69, 9.17) is 4.74 Å². The number of fused-ring (bicyclic) bond motifs is 3. The molecule has 0 aliphatic heterocycles. The molecule has 1 aromatic heterocycles. The number of carbonyl (C=O) groups is 1. The van der Waals surface area contributed by atoms with Crippen molar-refractivity contribution in [2.24, 2.45) is 5.92 Å². The molecule has 8 aromatic carbocycles. The van der Waals surface area contributed by atoms with Crippen molar-refractivity contribution in [3.05, 3.63) is 205 Å². The minimum atomic E-state index is -0.267. The first-order valence-electron chi connectivity index (χ1n) is 21.9. The lowest BCUT2D eigenvalue weighted by Gasteiger charge is -2.27. The van der Waals surface area contributed by atoms with Gasteiger partial charge < -0.3 is 14.2 Å². The van der Waals surface area contributed by atoms with E-state index in [1.54, 1.807) is 0 Å². The third-order valence-corrected chi connectivity index (χ3v) is 12.4. The zero-order valence-electron chi connectivity index (χ0n) is 36.0. The largest absolute Gasteiger partial charge is 0.426 e. The van der Waals surface area contributed by atoms with Crippen LogP contribution in [0.2, 0.25) is 0 Å². The molecule has 9 rings (SSSR count). The second-order valence-corrected chi connectivity index (χ2v) is 16.4. The SMILES string of the molecule is CCC(CC(C)C(=O)Oc1ccc(-c2ccc(-c3ccc4c(c3)c3ccccc3n4CC)cc2)cc1)c1ccc(N(c2ccc(C)cc2)c2ccc(-c3ccccc3)cc2)cc1. The van der Waals surface area contributed by atoms with Gasteiger partial charge in [-0.1, -0.05) is 147 Å². The van der Waals surface area contributed by atoms with Gasteiger partial charge in [0.05, 0.1) is 5.92 Å². The van der Waals surface area contributed by atoms with E-state index in [0.29, 0.717) is 12.2 Å². The summed E-state index contributed by atoms with van der Waals surface area (Å²) in [5.74, 6) is 0.304. The fraction of sp³-hybridized carbons (Fsp3) is 0.155. The number of hydrogen-bond acceptors (Lipinski definition) is 3. The van der Waals surface area contributed by atoms with Crippen LogP contribution >= 0.6 is 0 Å². The van der Waals surface area contributed by atoms with Crippen molar-refractivity contribution in [3.8, 4) is 39.1 Å². The fourth-order valence-electron chi connectivity index (χ4n) is 8.89. The molecule has 0 radical (unpaired) electrons. The molecule has 0 amide bonds. The predicted octanol–water partition coefficient (Wildman–Crippen LogP) is 15.7. The molecule has 9 aromatic rings. The Morgan fingerprint density at radius 2 is 1.02 bits per heavy atom. The van der Waals surface area contributed by atoms with Crippen molar-refractivity contribution in [2.75, 3.05) is 4.90 Å². The Kier molecular flexibility index (Phi) is 11.6. The van der Waals surface area contributed by atoms with Gasteiger partial charge in [-0.25, -0.2) is 0 Å². The smallest absolute Gasteiger partial charge is 0.314 e. The van der Waals surface area contributed by atoms with E-state index < -0.39 is 0 Å². The van der Waals surface area contributed by atoms with Gasteiger partial charge >= 0.3 is 5.97 Å². The van der Waals surface area contributed by atoms with Crippen LogP contribution in [-0.4, -0.2) is 10.5 Å². The molecule has 306 valence electrons. The van der Waals surface area contributed by atoms with Gasteiger partial charge in [0.1, 0.15) is 5.75 Å². The van der Waals surface area contributed by atoms with E-state index in [0.717, 1.165) is 41.2 Å². The molecule has 0 N–H and O–H groups in total. The third-order valence-electron chi connectivity index (χ3n) is 12.4. The van der Waals surface area contributed by atoms with E-state index in [1.807, 2.05) is 37.3 Å². The number of esters is 1. The van der Waals surface area contributed by atoms with Crippen LogP contribution in [0.3, 0.4) is 0 Å². The predicted molar refractivity (Wildman–Crippen MR) is 260 cm³/mol. The van der Waals surface area contributed by atoms with Gasteiger partial charge in [-0.3, -0.25) is 4.79 Å². The molecule has 1 heterocycles. The molecular formula is C58H52N2O2. The first kappa shape index (κ1) is 40.2. The number of aromatic nitrogens is 1. The number of para-hydroxylation sites is 1. The molecular weight excluding hydrogens is 757 g/mol. The van der Waals surface area contributed by atoms with Gasteiger partial charge in [0.25, 0.3) is 0 Å².